The first-order chi connectivity index (χ1) is 10.6. The summed E-state index contributed by atoms with van der Waals surface area (Å²) in [6.07, 6.45) is 0. The summed E-state index contributed by atoms with van der Waals surface area (Å²) in [6, 6.07) is 6.86. The monoisotopic (exact) mass is 358 g/mol. The Hall–Kier alpha value is -0.650. The van der Waals surface area contributed by atoms with Gasteiger partial charge in [0.25, 0.3) is 0 Å². The van der Waals surface area contributed by atoms with Gasteiger partial charge in [0.15, 0.2) is 0 Å². The summed E-state index contributed by atoms with van der Waals surface area (Å²) < 4.78 is 15.3. The van der Waals surface area contributed by atoms with Crippen molar-refractivity contribution in [1.29, 1.82) is 0 Å². The lowest BCUT2D eigenvalue weighted by molar-refractivity contribution is 0.197. The van der Waals surface area contributed by atoms with Crippen LogP contribution in [0.3, 0.4) is 0 Å². The molecule has 0 aliphatic carbocycles. The van der Waals surface area contributed by atoms with E-state index in [1.807, 2.05) is 19.1 Å². The molecule has 1 atom stereocenters. The van der Waals surface area contributed by atoms with E-state index in [0.717, 1.165) is 36.6 Å². The molecule has 0 bridgehead atoms. The van der Waals surface area contributed by atoms with Crippen molar-refractivity contribution in [2.45, 2.75) is 13.0 Å². The molecule has 2 aromatic rings. The molecule has 0 unspecified atom stereocenters. The van der Waals surface area contributed by atoms with Crippen LogP contribution in [-0.2, 0) is 0 Å². The molecule has 0 radical (unpaired) electrons. The molecule has 6 heteroatoms. The van der Waals surface area contributed by atoms with Gasteiger partial charge >= 0.3 is 0 Å². The van der Waals surface area contributed by atoms with Crippen molar-refractivity contribution in [3.63, 3.8) is 0 Å². The van der Waals surface area contributed by atoms with Crippen LogP contribution in [0.4, 0.5) is 4.39 Å². The Labute approximate surface area is 143 Å². The van der Waals surface area contributed by atoms with Crippen molar-refractivity contribution < 1.29 is 4.39 Å². The second kappa shape index (κ2) is 6.85. The average Bonchev–Trinajstić information content (AvgIpc) is 2.94. The maximum Gasteiger partial charge on any atom is 0.129 e. The predicted molar refractivity (Wildman–Crippen MR) is 91.8 cm³/mol. The van der Waals surface area contributed by atoms with E-state index < -0.39 is 0 Å². The number of halogens is 3. The van der Waals surface area contributed by atoms with Crippen LogP contribution in [0.15, 0.2) is 24.3 Å². The van der Waals surface area contributed by atoms with E-state index in [2.05, 4.69) is 10.2 Å². The standard InChI is InChI=1S/C16H17Cl2FN2S/c1-10-2-3-11(19)14(15(10)18)16(12-4-5-13(17)22-12)21-8-6-20-7-9-21/h2-5,16,20H,6-9H2,1H3/t16-/m0/s1. The Morgan fingerprint density at radius 1 is 1.18 bits per heavy atom. The van der Waals surface area contributed by atoms with Gasteiger partial charge in [0.1, 0.15) is 5.82 Å². The maximum absolute atomic E-state index is 14.6. The van der Waals surface area contributed by atoms with Gasteiger partial charge in [0.2, 0.25) is 0 Å². The van der Waals surface area contributed by atoms with E-state index in [0.29, 0.717) is 14.9 Å². The molecule has 2 nitrogen and oxygen atoms in total. The van der Waals surface area contributed by atoms with Gasteiger partial charge in [-0.25, -0.2) is 4.39 Å². The molecule has 1 fully saturated rings. The fourth-order valence-electron chi connectivity index (χ4n) is 2.85. The zero-order chi connectivity index (χ0) is 15.7. The molecule has 118 valence electrons. The molecule has 1 aliphatic rings. The predicted octanol–water partition coefficient (Wildman–Crippen LogP) is 4.50. The van der Waals surface area contributed by atoms with Gasteiger partial charge in [-0.15, -0.1) is 11.3 Å². The van der Waals surface area contributed by atoms with Crippen LogP contribution < -0.4 is 5.32 Å². The Bertz CT molecular complexity index is 668. The summed E-state index contributed by atoms with van der Waals surface area (Å²) in [4.78, 5) is 3.29. The van der Waals surface area contributed by atoms with Gasteiger partial charge in [0, 0.05) is 36.6 Å². The number of benzene rings is 1. The Morgan fingerprint density at radius 3 is 2.55 bits per heavy atom. The number of nitrogens with one attached hydrogen (secondary N) is 1. The molecule has 1 aliphatic heterocycles. The molecule has 1 saturated heterocycles. The number of hydrogen-bond donors (Lipinski definition) is 1. The quantitative estimate of drug-likeness (QED) is 0.868. The van der Waals surface area contributed by atoms with E-state index in [1.54, 1.807) is 6.07 Å². The summed E-state index contributed by atoms with van der Waals surface area (Å²) in [6.45, 7) is 5.39. The van der Waals surface area contributed by atoms with Gasteiger partial charge < -0.3 is 5.32 Å². The molecule has 0 saturated carbocycles. The summed E-state index contributed by atoms with van der Waals surface area (Å²) in [7, 11) is 0. The van der Waals surface area contributed by atoms with Gasteiger partial charge in [0.05, 0.1) is 15.4 Å². The topological polar surface area (TPSA) is 15.3 Å². The average molecular weight is 359 g/mol. The van der Waals surface area contributed by atoms with Crippen LogP contribution >= 0.6 is 34.5 Å². The summed E-state index contributed by atoms with van der Waals surface area (Å²) >= 11 is 14.0. The van der Waals surface area contributed by atoms with Crippen molar-refractivity contribution in [1.82, 2.24) is 10.2 Å². The number of aryl methyl sites for hydroxylation is 1. The summed E-state index contributed by atoms with van der Waals surface area (Å²) in [5, 5.41) is 3.83. The third kappa shape index (κ3) is 3.17. The Kier molecular flexibility index (Phi) is 5.05. The third-order valence-corrected chi connectivity index (χ3v) is 5.76. The molecule has 3 rings (SSSR count). The van der Waals surface area contributed by atoms with E-state index in [-0.39, 0.29) is 11.9 Å². The van der Waals surface area contributed by atoms with Crippen LogP contribution in [0, 0.1) is 12.7 Å². The van der Waals surface area contributed by atoms with Crippen molar-refractivity contribution >= 4 is 34.5 Å². The number of rotatable bonds is 3. The minimum absolute atomic E-state index is 0.188. The maximum atomic E-state index is 14.6. The largest absolute Gasteiger partial charge is 0.314 e. The fourth-order valence-corrected chi connectivity index (χ4v) is 4.31. The van der Waals surface area contributed by atoms with E-state index >= 15 is 0 Å². The highest BCUT2D eigenvalue weighted by Gasteiger charge is 2.30. The van der Waals surface area contributed by atoms with Crippen molar-refractivity contribution in [3.05, 3.63) is 55.4 Å². The SMILES string of the molecule is Cc1ccc(F)c([C@H](c2ccc(Cl)s2)N2CCNCC2)c1Cl. The lowest BCUT2D eigenvalue weighted by Crippen LogP contribution is -2.45. The molecule has 1 aromatic carbocycles. The highest BCUT2D eigenvalue weighted by atomic mass is 35.5. The summed E-state index contributed by atoms with van der Waals surface area (Å²) in [5.41, 5.74) is 1.45. The van der Waals surface area contributed by atoms with E-state index in [1.165, 1.54) is 17.4 Å². The van der Waals surface area contributed by atoms with Gasteiger partial charge in [-0.1, -0.05) is 29.3 Å². The Morgan fingerprint density at radius 2 is 1.91 bits per heavy atom. The number of nitrogens with zero attached hydrogens (tertiary/aromatic N) is 1. The lowest BCUT2D eigenvalue weighted by Gasteiger charge is -2.35. The molecule has 22 heavy (non-hydrogen) atoms. The van der Waals surface area contributed by atoms with Gasteiger partial charge in [-0.3, -0.25) is 4.90 Å². The second-order valence-corrected chi connectivity index (χ2v) is 7.55. The van der Waals surface area contributed by atoms with E-state index in [4.69, 9.17) is 23.2 Å². The van der Waals surface area contributed by atoms with Gasteiger partial charge in [-0.2, -0.15) is 0 Å². The van der Waals surface area contributed by atoms with Crippen molar-refractivity contribution in [2.75, 3.05) is 26.2 Å². The van der Waals surface area contributed by atoms with Crippen LogP contribution in [0.5, 0.6) is 0 Å². The van der Waals surface area contributed by atoms with Crippen molar-refractivity contribution in [3.8, 4) is 0 Å². The molecule has 0 amide bonds. The molecule has 1 N–H and O–H groups in total. The Balaban J connectivity index is 2.11. The molecule has 1 aromatic heterocycles. The zero-order valence-electron chi connectivity index (χ0n) is 12.2. The highest BCUT2D eigenvalue weighted by molar-refractivity contribution is 7.16. The molecular formula is C16H17Cl2FN2S. The fraction of sp³-hybridized carbons (Fsp3) is 0.375. The zero-order valence-corrected chi connectivity index (χ0v) is 14.5. The van der Waals surface area contributed by atoms with Crippen LogP contribution in [0.25, 0.3) is 0 Å². The second-order valence-electron chi connectivity index (χ2n) is 5.42. The third-order valence-electron chi connectivity index (χ3n) is 3.97. The minimum atomic E-state index is -0.261. The van der Waals surface area contributed by atoms with Gasteiger partial charge in [-0.05, 0) is 30.7 Å². The number of thiophene rings is 1. The van der Waals surface area contributed by atoms with E-state index in [9.17, 15) is 4.39 Å². The highest BCUT2D eigenvalue weighted by Crippen LogP contribution is 2.40. The van der Waals surface area contributed by atoms with Crippen LogP contribution in [-0.4, -0.2) is 31.1 Å². The number of hydrogen-bond acceptors (Lipinski definition) is 3. The smallest absolute Gasteiger partial charge is 0.129 e. The van der Waals surface area contributed by atoms with Crippen molar-refractivity contribution in [2.24, 2.45) is 0 Å². The minimum Gasteiger partial charge on any atom is -0.314 e. The first kappa shape index (κ1) is 16.2. The van der Waals surface area contributed by atoms with Crippen LogP contribution in [0.2, 0.25) is 9.36 Å². The molecular weight excluding hydrogens is 342 g/mol. The summed E-state index contributed by atoms with van der Waals surface area (Å²) in [5.74, 6) is -0.261. The number of piperazine rings is 1. The van der Waals surface area contributed by atoms with Crippen LogP contribution in [0.1, 0.15) is 22.0 Å². The molecule has 2 heterocycles. The normalized spacial score (nSPS) is 17.6. The lowest BCUT2D eigenvalue weighted by atomic mass is 9.99. The first-order valence-corrected chi connectivity index (χ1v) is 8.79. The first-order valence-electron chi connectivity index (χ1n) is 7.22. The molecule has 0 spiro atoms.